The first-order valence-corrected chi connectivity index (χ1v) is 9.19. The molecule has 26 heavy (non-hydrogen) atoms. The zero-order valence-corrected chi connectivity index (χ0v) is 16.6. The fraction of sp³-hybridized carbons (Fsp3) is 0.400. The lowest BCUT2D eigenvalue weighted by Crippen LogP contribution is -2.40. The molecule has 140 valence electrons. The summed E-state index contributed by atoms with van der Waals surface area (Å²) in [6, 6.07) is 14.0. The van der Waals surface area contributed by atoms with Crippen LogP contribution >= 0.6 is 12.2 Å². The Morgan fingerprint density at radius 3 is 2.50 bits per heavy atom. The van der Waals surface area contributed by atoms with Gasteiger partial charge in [0.15, 0.2) is 5.11 Å². The topological polar surface area (TPSA) is 40.6 Å². The van der Waals surface area contributed by atoms with Crippen LogP contribution in [-0.2, 0) is 13.1 Å². The smallest absolute Gasteiger partial charge is 0.169 e. The molecule has 0 saturated carbocycles. The van der Waals surface area contributed by atoms with Gasteiger partial charge in [0.2, 0.25) is 0 Å². The lowest BCUT2D eigenvalue weighted by Gasteiger charge is -2.26. The van der Waals surface area contributed by atoms with E-state index in [9.17, 15) is 0 Å². The SMILES string of the molecule is COc1ccc(CN(Cc2ccccn2)C(=S)NCCCN(C)C)cc1. The minimum absolute atomic E-state index is 0.673. The lowest BCUT2D eigenvalue weighted by atomic mass is 10.2. The van der Waals surface area contributed by atoms with Gasteiger partial charge in [0.25, 0.3) is 0 Å². The molecule has 0 aliphatic carbocycles. The van der Waals surface area contributed by atoms with Gasteiger partial charge in [0.05, 0.1) is 19.3 Å². The predicted octanol–water partition coefficient (Wildman–Crippen LogP) is 2.92. The van der Waals surface area contributed by atoms with Crippen LogP contribution in [0.2, 0.25) is 0 Å². The van der Waals surface area contributed by atoms with E-state index < -0.39 is 0 Å². The predicted molar refractivity (Wildman–Crippen MR) is 110 cm³/mol. The van der Waals surface area contributed by atoms with Crippen molar-refractivity contribution < 1.29 is 4.74 Å². The van der Waals surface area contributed by atoms with Crippen LogP contribution in [0.3, 0.4) is 0 Å². The Morgan fingerprint density at radius 2 is 1.88 bits per heavy atom. The number of ether oxygens (including phenoxy) is 1. The molecule has 1 aromatic heterocycles. The van der Waals surface area contributed by atoms with Gasteiger partial charge in [0.1, 0.15) is 5.75 Å². The van der Waals surface area contributed by atoms with Crippen LogP contribution in [0, 0.1) is 0 Å². The maximum atomic E-state index is 5.65. The average Bonchev–Trinajstić information content (AvgIpc) is 2.66. The van der Waals surface area contributed by atoms with Gasteiger partial charge < -0.3 is 19.9 Å². The van der Waals surface area contributed by atoms with Crippen molar-refractivity contribution in [3.63, 3.8) is 0 Å². The normalized spacial score (nSPS) is 10.6. The lowest BCUT2D eigenvalue weighted by molar-refractivity contribution is 0.381. The van der Waals surface area contributed by atoms with E-state index in [0.29, 0.717) is 6.54 Å². The molecular formula is C20H28N4OS. The van der Waals surface area contributed by atoms with Gasteiger partial charge in [-0.2, -0.15) is 0 Å². The van der Waals surface area contributed by atoms with E-state index in [-0.39, 0.29) is 0 Å². The highest BCUT2D eigenvalue weighted by Gasteiger charge is 2.12. The molecule has 1 heterocycles. The molecule has 1 aromatic carbocycles. The summed E-state index contributed by atoms with van der Waals surface area (Å²) in [5.74, 6) is 0.856. The Hall–Kier alpha value is -2.18. The second-order valence-corrected chi connectivity index (χ2v) is 6.80. The molecule has 0 aliphatic heterocycles. The van der Waals surface area contributed by atoms with Crippen molar-refractivity contribution in [2.75, 3.05) is 34.3 Å². The molecule has 2 rings (SSSR count). The molecule has 0 amide bonds. The largest absolute Gasteiger partial charge is 0.497 e. The maximum absolute atomic E-state index is 5.65. The van der Waals surface area contributed by atoms with Crippen LogP contribution in [0.25, 0.3) is 0 Å². The highest BCUT2D eigenvalue weighted by molar-refractivity contribution is 7.80. The van der Waals surface area contributed by atoms with E-state index in [1.54, 1.807) is 7.11 Å². The first-order chi connectivity index (χ1) is 12.6. The minimum Gasteiger partial charge on any atom is -0.497 e. The van der Waals surface area contributed by atoms with Gasteiger partial charge in [-0.1, -0.05) is 18.2 Å². The number of benzene rings is 1. The van der Waals surface area contributed by atoms with E-state index >= 15 is 0 Å². The van der Waals surface area contributed by atoms with Crippen molar-refractivity contribution >= 4 is 17.3 Å². The number of methoxy groups -OCH3 is 1. The van der Waals surface area contributed by atoms with Crippen molar-refractivity contribution in [2.24, 2.45) is 0 Å². The van der Waals surface area contributed by atoms with Crippen LogP contribution < -0.4 is 10.1 Å². The Balaban J connectivity index is 2.01. The van der Waals surface area contributed by atoms with Crippen molar-refractivity contribution in [1.29, 1.82) is 0 Å². The average molecular weight is 373 g/mol. The molecule has 0 aliphatic rings. The van der Waals surface area contributed by atoms with Gasteiger partial charge in [-0.05, 0) is 69.1 Å². The summed E-state index contributed by atoms with van der Waals surface area (Å²) in [7, 11) is 5.83. The molecule has 1 N–H and O–H groups in total. The van der Waals surface area contributed by atoms with Gasteiger partial charge in [0, 0.05) is 19.3 Å². The zero-order valence-electron chi connectivity index (χ0n) is 15.8. The number of thiocarbonyl (C=S) groups is 1. The number of hydrogen-bond acceptors (Lipinski definition) is 4. The van der Waals surface area contributed by atoms with Crippen LogP contribution in [0.5, 0.6) is 5.75 Å². The number of pyridine rings is 1. The Bertz CT molecular complexity index is 661. The summed E-state index contributed by atoms with van der Waals surface area (Å²) in [5, 5.41) is 4.13. The quantitative estimate of drug-likeness (QED) is 0.539. The third kappa shape index (κ3) is 6.98. The van der Waals surface area contributed by atoms with E-state index in [1.807, 2.05) is 36.5 Å². The number of rotatable bonds is 9. The van der Waals surface area contributed by atoms with Crippen molar-refractivity contribution in [3.05, 3.63) is 59.9 Å². The Labute approximate surface area is 162 Å². The summed E-state index contributed by atoms with van der Waals surface area (Å²) in [5.41, 5.74) is 2.18. The summed E-state index contributed by atoms with van der Waals surface area (Å²) in [6.45, 7) is 3.29. The van der Waals surface area contributed by atoms with Gasteiger partial charge in [-0.15, -0.1) is 0 Å². The van der Waals surface area contributed by atoms with Crippen molar-refractivity contribution in [3.8, 4) is 5.75 Å². The molecule has 2 aromatic rings. The van der Waals surface area contributed by atoms with E-state index in [1.165, 1.54) is 5.56 Å². The molecule has 0 bridgehead atoms. The Morgan fingerprint density at radius 1 is 1.12 bits per heavy atom. The van der Waals surface area contributed by atoms with Gasteiger partial charge >= 0.3 is 0 Å². The molecular weight excluding hydrogens is 344 g/mol. The third-order valence-electron chi connectivity index (χ3n) is 3.96. The van der Waals surface area contributed by atoms with Crippen LogP contribution in [0.1, 0.15) is 17.7 Å². The van der Waals surface area contributed by atoms with Crippen LogP contribution in [0.15, 0.2) is 48.7 Å². The fourth-order valence-corrected chi connectivity index (χ4v) is 2.77. The second kappa shape index (κ2) is 10.7. The molecule has 0 radical (unpaired) electrons. The molecule has 6 heteroatoms. The monoisotopic (exact) mass is 372 g/mol. The molecule has 0 unspecified atom stereocenters. The van der Waals surface area contributed by atoms with Gasteiger partial charge in [-0.3, -0.25) is 4.98 Å². The fourth-order valence-electron chi connectivity index (χ4n) is 2.54. The molecule has 0 fully saturated rings. The summed E-state index contributed by atoms with van der Waals surface area (Å²) in [6.07, 6.45) is 2.86. The first kappa shape index (κ1) is 20.1. The standard InChI is InChI=1S/C20H28N4OS/c1-23(2)14-6-13-22-20(26)24(16-18-7-4-5-12-21-18)15-17-8-10-19(25-3)11-9-17/h4-5,7-12H,6,13-16H2,1-3H3,(H,22,26). The van der Waals surface area contributed by atoms with Gasteiger partial charge in [-0.25, -0.2) is 0 Å². The number of hydrogen-bond donors (Lipinski definition) is 1. The first-order valence-electron chi connectivity index (χ1n) is 8.79. The maximum Gasteiger partial charge on any atom is 0.169 e. The Kier molecular flexibility index (Phi) is 8.31. The number of nitrogens with one attached hydrogen (secondary N) is 1. The van der Waals surface area contributed by atoms with E-state index in [0.717, 1.165) is 42.6 Å². The molecule has 5 nitrogen and oxygen atoms in total. The van der Waals surface area contributed by atoms with Crippen LogP contribution in [0.4, 0.5) is 0 Å². The summed E-state index contributed by atoms with van der Waals surface area (Å²) >= 11 is 5.65. The highest BCUT2D eigenvalue weighted by Crippen LogP contribution is 2.14. The van der Waals surface area contributed by atoms with Crippen LogP contribution in [-0.4, -0.2) is 54.2 Å². The minimum atomic E-state index is 0.673. The second-order valence-electron chi connectivity index (χ2n) is 6.41. The third-order valence-corrected chi connectivity index (χ3v) is 4.36. The highest BCUT2D eigenvalue weighted by atomic mass is 32.1. The number of aromatic nitrogens is 1. The van der Waals surface area contributed by atoms with E-state index in [4.69, 9.17) is 17.0 Å². The van der Waals surface area contributed by atoms with Crippen molar-refractivity contribution in [2.45, 2.75) is 19.5 Å². The van der Waals surface area contributed by atoms with Crippen molar-refractivity contribution in [1.82, 2.24) is 20.1 Å². The molecule has 0 spiro atoms. The summed E-state index contributed by atoms with van der Waals surface area (Å²) in [4.78, 5) is 8.76. The summed E-state index contributed by atoms with van der Waals surface area (Å²) < 4.78 is 5.24. The molecule has 0 saturated heterocycles. The zero-order chi connectivity index (χ0) is 18.8. The number of nitrogens with zero attached hydrogens (tertiary/aromatic N) is 3. The molecule has 0 atom stereocenters. The van der Waals surface area contributed by atoms with E-state index in [2.05, 4.69) is 46.3 Å².